The largest absolute Gasteiger partial charge is 0.370 e. The Morgan fingerprint density at radius 3 is 2.57 bits per heavy atom. The first-order chi connectivity index (χ1) is 6.48. The molecule has 0 radical (unpaired) electrons. The van der Waals surface area contributed by atoms with Crippen molar-refractivity contribution in [3.05, 3.63) is 0 Å². The monoisotopic (exact) mass is 218 g/mol. The summed E-state index contributed by atoms with van der Waals surface area (Å²) in [6.45, 7) is 4.97. The molecular formula is C10H22N2OS. The number of primary amides is 1. The summed E-state index contributed by atoms with van der Waals surface area (Å²) in [6, 6.07) is 0. The summed E-state index contributed by atoms with van der Waals surface area (Å²) in [5.41, 5.74) is 4.99. The van der Waals surface area contributed by atoms with Crippen LogP contribution in [0.4, 0.5) is 0 Å². The second kappa shape index (κ2) is 7.12. The van der Waals surface area contributed by atoms with Gasteiger partial charge in [-0.3, -0.25) is 4.79 Å². The highest BCUT2D eigenvalue weighted by molar-refractivity contribution is 7.98. The normalized spacial score (nSPS) is 11.6. The smallest absolute Gasteiger partial charge is 0.219 e. The van der Waals surface area contributed by atoms with E-state index in [2.05, 4.69) is 11.6 Å². The molecule has 84 valence electrons. The lowest BCUT2D eigenvalue weighted by Crippen LogP contribution is -2.43. The molecule has 0 atom stereocenters. The molecule has 0 heterocycles. The fraction of sp³-hybridized carbons (Fsp3) is 0.900. The van der Waals surface area contributed by atoms with Crippen molar-refractivity contribution in [3.63, 3.8) is 0 Å². The van der Waals surface area contributed by atoms with Crippen molar-refractivity contribution in [1.29, 1.82) is 0 Å². The Morgan fingerprint density at radius 2 is 2.07 bits per heavy atom. The molecule has 0 saturated carbocycles. The average molecular weight is 218 g/mol. The van der Waals surface area contributed by atoms with Gasteiger partial charge in [0.1, 0.15) is 0 Å². The lowest BCUT2D eigenvalue weighted by Gasteiger charge is -2.24. The van der Waals surface area contributed by atoms with Crippen molar-refractivity contribution in [2.24, 2.45) is 5.73 Å². The molecule has 0 unspecified atom stereocenters. The van der Waals surface area contributed by atoms with Crippen LogP contribution in [0.2, 0.25) is 0 Å². The van der Waals surface area contributed by atoms with Crippen molar-refractivity contribution in [1.82, 2.24) is 5.32 Å². The first kappa shape index (κ1) is 13.8. The summed E-state index contributed by atoms with van der Waals surface area (Å²) in [5, 5.41) is 3.34. The Morgan fingerprint density at radius 1 is 1.43 bits per heavy atom. The van der Waals surface area contributed by atoms with Gasteiger partial charge in [-0.05, 0) is 45.2 Å². The zero-order valence-electron chi connectivity index (χ0n) is 9.43. The van der Waals surface area contributed by atoms with Gasteiger partial charge in [0, 0.05) is 12.0 Å². The van der Waals surface area contributed by atoms with Gasteiger partial charge in [-0.1, -0.05) is 0 Å². The topological polar surface area (TPSA) is 55.1 Å². The number of rotatable bonds is 8. The van der Waals surface area contributed by atoms with Gasteiger partial charge in [0.05, 0.1) is 0 Å². The molecule has 0 aromatic heterocycles. The van der Waals surface area contributed by atoms with E-state index in [-0.39, 0.29) is 11.4 Å². The fourth-order valence-electron chi connectivity index (χ4n) is 1.30. The van der Waals surface area contributed by atoms with Crippen molar-refractivity contribution < 1.29 is 4.79 Å². The predicted molar refractivity (Wildman–Crippen MR) is 63.5 cm³/mol. The van der Waals surface area contributed by atoms with E-state index < -0.39 is 0 Å². The maximum Gasteiger partial charge on any atom is 0.219 e. The first-order valence-electron chi connectivity index (χ1n) is 5.00. The molecule has 0 aliphatic rings. The third-order valence-corrected chi connectivity index (χ3v) is 2.69. The maximum atomic E-state index is 10.7. The lowest BCUT2D eigenvalue weighted by atomic mass is 10.0. The second-order valence-corrected chi connectivity index (χ2v) is 5.14. The van der Waals surface area contributed by atoms with E-state index in [1.807, 2.05) is 25.6 Å². The van der Waals surface area contributed by atoms with Gasteiger partial charge in [0.25, 0.3) is 0 Å². The summed E-state index contributed by atoms with van der Waals surface area (Å²) in [5.74, 6) is 0.962. The summed E-state index contributed by atoms with van der Waals surface area (Å²) in [6.07, 6.45) is 4.89. The molecule has 0 bridgehead atoms. The summed E-state index contributed by atoms with van der Waals surface area (Å²) in [4.78, 5) is 10.7. The van der Waals surface area contributed by atoms with Gasteiger partial charge in [0.15, 0.2) is 0 Å². The predicted octanol–water partition coefficient (Wildman–Crippen LogP) is 1.37. The number of nitrogens with two attached hydrogens (primary N) is 1. The Labute approximate surface area is 91.2 Å². The molecule has 0 saturated heterocycles. The molecule has 0 aliphatic heterocycles. The highest BCUT2D eigenvalue weighted by atomic mass is 32.2. The van der Waals surface area contributed by atoms with E-state index in [1.165, 1.54) is 12.2 Å². The van der Waals surface area contributed by atoms with E-state index in [1.54, 1.807) is 0 Å². The van der Waals surface area contributed by atoms with E-state index in [0.29, 0.717) is 6.42 Å². The zero-order valence-corrected chi connectivity index (χ0v) is 10.2. The Balaban J connectivity index is 3.50. The van der Waals surface area contributed by atoms with Gasteiger partial charge >= 0.3 is 0 Å². The van der Waals surface area contributed by atoms with Crippen LogP contribution >= 0.6 is 11.8 Å². The maximum absolute atomic E-state index is 10.7. The van der Waals surface area contributed by atoms with Crippen LogP contribution in [0.5, 0.6) is 0 Å². The average Bonchev–Trinajstić information content (AvgIpc) is 2.01. The Hall–Kier alpha value is -0.220. The molecule has 14 heavy (non-hydrogen) atoms. The molecule has 1 amide bonds. The molecule has 4 heteroatoms. The first-order valence-corrected chi connectivity index (χ1v) is 6.39. The number of amides is 1. The Bertz CT molecular complexity index is 172. The van der Waals surface area contributed by atoms with Gasteiger partial charge in [-0.2, -0.15) is 11.8 Å². The van der Waals surface area contributed by atoms with E-state index in [4.69, 9.17) is 5.73 Å². The number of hydrogen-bond donors (Lipinski definition) is 2. The van der Waals surface area contributed by atoms with Crippen LogP contribution < -0.4 is 11.1 Å². The molecular weight excluding hydrogens is 196 g/mol. The Kier molecular flexibility index (Phi) is 7.01. The van der Waals surface area contributed by atoms with Gasteiger partial charge in [0.2, 0.25) is 5.91 Å². The quantitative estimate of drug-likeness (QED) is 0.605. The van der Waals surface area contributed by atoms with Gasteiger partial charge in [-0.15, -0.1) is 0 Å². The van der Waals surface area contributed by atoms with E-state index >= 15 is 0 Å². The summed E-state index contributed by atoms with van der Waals surface area (Å²) < 4.78 is 0. The molecule has 0 spiro atoms. The second-order valence-electron chi connectivity index (χ2n) is 4.15. The van der Waals surface area contributed by atoms with Crippen LogP contribution in [0, 0.1) is 0 Å². The molecule has 3 N–H and O–H groups in total. The van der Waals surface area contributed by atoms with E-state index in [0.717, 1.165) is 13.0 Å². The van der Waals surface area contributed by atoms with E-state index in [9.17, 15) is 4.79 Å². The van der Waals surface area contributed by atoms with Crippen LogP contribution in [-0.4, -0.2) is 30.0 Å². The van der Waals surface area contributed by atoms with Crippen molar-refractivity contribution in [3.8, 4) is 0 Å². The summed E-state index contributed by atoms with van der Waals surface area (Å²) >= 11 is 1.87. The van der Waals surface area contributed by atoms with Crippen LogP contribution in [0.1, 0.15) is 33.1 Å². The highest BCUT2D eigenvalue weighted by Gasteiger charge is 2.18. The minimum absolute atomic E-state index is 0.162. The zero-order chi connectivity index (χ0) is 11.0. The molecule has 3 nitrogen and oxygen atoms in total. The number of hydrogen-bond acceptors (Lipinski definition) is 3. The fourth-order valence-corrected chi connectivity index (χ4v) is 1.79. The van der Waals surface area contributed by atoms with Gasteiger partial charge in [-0.25, -0.2) is 0 Å². The van der Waals surface area contributed by atoms with Crippen molar-refractivity contribution in [2.75, 3.05) is 18.6 Å². The highest BCUT2D eigenvalue weighted by Crippen LogP contribution is 2.07. The van der Waals surface area contributed by atoms with Gasteiger partial charge < -0.3 is 11.1 Å². The number of unbranched alkanes of at least 4 members (excludes halogenated alkanes) is 1. The molecule has 0 aromatic carbocycles. The number of thioether (sulfide) groups is 1. The minimum atomic E-state index is -0.244. The minimum Gasteiger partial charge on any atom is -0.370 e. The number of carbonyl (C=O) groups excluding carboxylic acids is 1. The van der Waals surface area contributed by atoms with Crippen LogP contribution in [0.15, 0.2) is 0 Å². The SMILES string of the molecule is CSCCCCNC(C)(C)CC(N)=O. The van der Waals surface area contributed by atoms with Crippen LogP contribution in [-0.2, 0) is 4.79 Å². The third kappa shape index (κ3) is 8.38. The number of nitrogens with one attached hydrogen (secondary N) is 1. The lowest BCUT2D eigenvalue weighted by molar-refractivity contribution is -0.119. The molecule has 0 aromatic rings. The summed E-state index contributed by atoms with van der Waals surface area (Å²) in [7, 11) is 0. The van der Waals surface area contributed by atoms with Crippen LogP contribution in [0.3, 0.4) is 0 Å². The van der Waals surface area contributed by atoms with Crippen LogP contribution in [0.25, 0.3) is 0 Å². The van der Waals surface area contributed by atoms with Crippen molar-refractivity contribution in [2.45, 2.75) is 38.6 Å². The third-order valence-electron chi connectivity index (χ3n) is 1.99. The molecule has 0 rings (SSSR count). The number of carbonyl (C=O) groups is 1. The van der Waals surface area contributed by atoms with Crippen molar-refractivity contribution >= 4 is 17.7 Å². The molecule has 0 aliphatic carbocycles. The molecule has 0 fully saturated rings. The standard InChI is InChI=1S/C10H22N2OS/c1-10(2,8-9(11)13)12-6-4-5-7-14-3/h12H,4-8H2,1-3H3,(H2,11,13).